The summed E-state index contributed by atoms with van der Waals surface area (Å²) in [6, 6.07) is 2.67. The molecule has 0 aliphatic carbocycles. The van der Waals surface area contributed by atoms with Crippen LogP contribution in [0.4, 0.5) is 4.39 Å². The van der Waals surface area contributed by atoms with Gasteiger partial charge in [0.25, 0.3) is 0 Å². The Hall–Kier alpha value is -0.630. The topological polar surface area (TPSA) is 58.2 Å². The van der Waals surface area contributed by atoms with Gasteiger partial charge in [0.05, 0.1) is 4.90 Å². The Morgan fingerprint density at radius 3 is 2.60 bits per heavy atom. The monoisotopic (exact) mass is 320 g/mol. The first-order valence-electron chi connectivity index (χ1n) is 6.26. The second-order valence-corrected chi connectivity index (χ2v) is 7.30. The van der Waals surface area contributed by atoms with Crippen molar-refractivity contribution in [2.45, 2.75) is 31.3 Å². The van der Waals surface area contributed by atoms with E-state index in [1.54, 1.807) is 25.7 Å². The summed E-state index contributed by atoms with van der Waals surface area (Å²) < 4.78 is 41.1. The van der Waals surface area contributed by atoms with Crippen LogP contribution in [0.5, 0.6) is 0 Å². The normalized spacial score (nSPS) is 13.4. The maximum atomic E-state index is 13.9. The minimum atomic E-state index is -3.71. The van der Waals surface area contributed by atoms with Gasteiger partial charge >= 0.3 is 0 Å². The minimum Gasteiger partial charge on any atom is -0.316 e. The van der Waals surface area contributed by atoms with Crippen molar-refractivity contribution in [2.24, 2.45) is 0 Å². The fourth-order valence-corrected chi connectivity index (χ4v) is 4.14. The molecule has 0 radical (unpaired) electrons. The zero-order chi connectivity index (χ0) is 15.3. The molecule has 0 aliphatic rings. The molecule has 1 aromatic rings. The fraction of sp³-hybridized carbons (Fsp3) is 0.538. The lowest BCUT2D eigenvalue weighted by atomic mass is 10.1. The van der Waals surface area contributed by atoms with Gasteiger partial charge in [-0.05, 0) is 44.8 Å². The highest BCUT2D eigenvalue weighted by Gasteiger charge is 2.22. The Labute approximate surface area is 124 Å². The molecule has 0 saturated carbocycles. The van der Waals surface area contributed by atoms with Crippen molar-refractivity contribution in [3.8, 4) is 0 Å². The van der Waals surface area contributed by atoms with E-state index in [0.29, 0.717) is 17.9 Å². The molecule has 0 aromatic heterocycles. The lowest BCUT2D eigenvalue weighted by Gasteiger charge is -2.16. The number of rotatable bonds is 7. The van der Waals surface area contributed by atoms with Crippen molar-refractivity contribution >= 4 is 21.8 Å². The molecular weight excluding hydrogens is 299 g/mol. The average Bonchev–Trinajstić information content (AvgIpc) is 2.33. The second-order valence-electron chi connectivity index (χ2n) is 4.71. The van der Waals surface area contributed by atoms with Crippen molar-refractivity contribution in [3.05, 3.63) is 29.1 Å². The molecule has 0 aliphatic heterocycles. The highest BCUT2D eigenvalue weighted by molar-refractivity contribution is 7.98. The molecule has 0 bridgehead atoms. The zero-order valence-corrected chi connectivity index (χ0v) is 13.8. The van der Waals surface area contributed by atoms with Crippen LogP contribution in [0.3, 0.4) is 0 Å². The maximum Gasteiger partial charge on any atom is 0.241 e. The molecule has 0 spiro atoms. The van der Waals surface area contributed by atoms with E-state index in [2.05, 4.69) is 10.0 Å². The number of hydrogen-bond acceptors (Lipinski definition) is 4. The zero-order valence-electron chi connectivity index (χ0n) is 12.2. The summed E-state index contributed by atoms with van der Waals surface area (Å²) in [7, 11) is -1.98. The van der Waals surface area contributed by atoms with Gasteiger partial charge in [0, 0.05) is 23.9 Å². The molecule has 1 aromatic carbocycles. The van der Waals surface area contributed by atoms with Crippen LogP contribution in [-0.2, 0) is 16.6 Å². The Morgan fingerprint density at radius 1 is 1.40 bits per heavy atom. The number of halogens is 1. The van der Waals surface area contributed by atoms with Crippen molar-refractivity contribution in [1.29, 1.82) is 0 Å². The third kappa shape index (κ3) is 4.44. The van der Waals surface area contributed by atoms with Gasteiger partial charge in [-0.3, -0.25) is 0 Å². The summed E-state index contributed by atoms with van der Waals surface area (Å²) in [4.78, 5) is 0.00991. The molecule has 114 valence electrons. The van der Waals surface area contributed by atoms with Crippen LogP contribution in [0.2, 0.25) is 0 Å². The molecule has 2 N–H and O–H groups in total. The first-order valence-corrected chi connectivity index (χ1v) is 9.14. The summed E-state index contributed by atoms with van der Waals surface area (Å²) in [5.41, 5.74) is 0.752. The van der Waals surface area contributed by atoms with Gasteiger partial charge in [-0.1, -0.05) is 0 Å². The summed E-state index contributed by atoms with van der Waals surface area (Å²) >= 11 is 1.55. The molecule has 0 saturated heterocycles. The largest absolute Gasteiger partial charge is 0.316 e. The standard InChI is InChI=1S/C13H21FN2O2S2/c1-9(8-19-4)16-20(17,18)13-6-11(7-15-3)5-12(14)10(13)2/h5-6,9,15-16H,7-8H2,1-4H3. The van der Waals surface area contributed by atoms with E-state index < -0.39 is 15.8 Å². The van der Waals surface area contributed by atoms with Crippen LogP contribution in [0.15, 0.2) is 17.0 Å². The molecular formula is C13H21FN2O2S2. The molecule has 20 heavy (non-hydrogen) atoms. The van der Waals surface area contributed by atoms with Crippen molar-refractivity contribution < 1.29 is 12.8 Å². The van der Waals surface area contributed by atoms with Gasteiger partial charge in [0.1, 0.15) is 5.82 Å². The second kappa shape index (κ2) is 7.40. The molecule has 0 heterocycles. The maximum absolute atomic E-state index is 13.9. The Bertz CT molecular complexity index is 562. The van der Waals surface area contributed by atoms with Crippen LogP contribution in [0, 0.1) is 12.7 Å². The minimum absolute atomic E-state index is 0.00991. The first-order chi connectivity index (χ1) is 9.31. The van der Waals surface area contributed by atoms with Crippen LogP contribution >= 0.6 is 11.8 Å². The Morgan fingerprint density at radius 2 is 2.05 bits per heavy atom. The summed E-state index contributed by atoms with van der Waals surface area (Å²) in [5, 5.41) is 2.89. The van der Waals surface area contributed by atoms with Gasteiger partial charge in [-0.25, -0.2) is 17.5 Å². The first kappa shape index (κ1) is 17.4. The van der Waals surface area contributed by atoms with Crippen molar-refractivity contribution in [2.75, 3.05) is 19.1 Å². The van der Waals surface area contributed by atoms with E-state index >= 15 is 0 Å². The van der Waals surface area contributed by atoms with E-state index in [-0.39, 0.29) is 16.5 Å². The smallest absolute Gasteiger partial charge is 0.241 e. The molecule has 4 nitrogen and oxygen atoms in total. The van der Waals surface area contributed by atoms with Crippen LogP contribution in [0.25, 0.3) is 0 Å². The van der Waals surface area contributed by atoms with Gasteiger partial charge in [-0.15, -0.1) is 0 Å². The SMILES string of the molecule is CNCc1cc(F)c(C)c(S(=O)(=O)NC(C)CSC)c1. The average molecular weight is 320 g/mol. The van der Waals surface area contributed by atoms with E-state index in [9.17, 15) is 12.8 Å². The number of nitrogens with one attached hydrogen (secondary N) is 2. The van der Waals surface area contributed by atoms with Crippen molar-refractivity contribution in [1.82, 2.24) is 10.0 Å². The predicted octanol–water partition coefficient (Wildman–Crippen LogP) is 1.88. The lowest BCUT2D eigenvalue weighted by molar-refractivity contribution is 0.564. The number of sulfonamides is 1. The predicted molar refractivity (Wildman–Crippen MR) is 82.1 cm³/mol. The van der Waals surface area contributed by atoms with E-state index in [1.165, 1.54) is 19.1 Å². The molecule has 1 rings (SSSR count). The third-order valence-electron chi connectivity index (χ3n) is 2.80. The highest BCUT2D eigenvalue weighted by atomic mass is 32.2. The summed E-state index contributed by atoms with van der Waals surface area (Å²) in [5.74, 6) is 0.160. The van der Waals surface area contributed by atoms with Gasteiger partial charge in [0.15, 0.2) is 0 Å². The van der Waals surface area contributed by atoms with Crippen LogP contribution < -0.4 is 10.0 Å². The highest BCUT2D eigenvalue weighted by Crippen LogP contribution is 2.21. The summed E-state index contributed by atoms with van der Waals surface area (Å²) in [6.45, 7) is 3.68. The Balaban J connectivity index is 3.16. The number of benzene rings is 1. The van der Waals surface area contributed by atoms with Crippen LogP contribution in [0.1, 0.15) is 18.1 Å². The van der Waals surface area contributed by atoms with Gasteiger partial charge in [0.2, 0.25) is 10.0 Å². The Kier molecular flexibility index (Phi) is 6.44. The number of thioether (sulfide) groups is 1. The van der Waals surface area contributed by atoms with Gasteiger partial charge < -0.3 is 5.32 Å². The summed E-state index contributed by atoms with van der Waals surface area (Å²) in [6.07, 6.45) is 1.91. The third-order valence-corrected chi connectivity index (χ3v) is 5.35. The van der Waals surface area contributed by atoms with E-state index in [0.717, 1.165) is 0 Å². The quantitative estimate of drug-likeness (QED) is 0.805. The molecule has 0 amide bonds. The lowest BCUT2D eigenvalue weighted by Crippen LogP contribution is -2.34. The van der Waals surface area contributed by atoms with Gasteiger partial charge in [-0.2, -0.15) is 11.8 Å². The molecule has 1 atom stereocenters. The fourth-order valence-electron chi connectivity index (χ4n) is 1.90. The van der Waals surface area contributed by atoms with E-state index in [1.807, 2.05) is 6.26 Å². The molecule has 1 unspecified atom stereocenters. The molecule has 7 heteroatoms. The van der Waals surface area contributed by atoms with Crippen molar-refractivity contribution in [3.63, 3.8) is 0 Å². The van der Waals surface area contributed by atoms with E-state index in [4.69, 9.17) is 0 Å². The molecule has 0 fully saturated rings. The van der Waals surface area contributed by atoms with Crippen LogP contribution in [-0.4, -0.2) is 33.5 Å². The number of hydrogen-bond donors (Lipinski definition) is 2.